The van der Waals surface area contributed by atoms with E-state index in [2.05, 4.69) is 31.0 Å². The molecule has 2 heterocycles. The van der Waals surface area contributed by atoms with Crippen molar-refractivity contribution < 1.29 is 4.79 Å². The van der Waals surface area contributed by atoms with Gasteiger partial charge in [0.2, 0.25) is 5.91 Å². The average Bonchev–Trinajstić information content (AvgIpc) is 2.37. The van der Waals surface area contributed by atoms with Gasteiger partial charge in [0.15, 0.2) is 0 Å². The summed E-state index contributed by atoms with van der Waals surface area (Å²) in [6.45, 7) is 12.2. The molecule has 104 valence electrons. The summed E-state index contributed by atoms with van der Waals surface area (Å²) in [6, 6.07) is 0.0360. The maximum atomic E-state index is 12.5. The van der Waals surface area contributed by atoms with E-state index in [4.69, 9.17) is 0 Å². The van der Waals surface area contributed by atoms with E-state index in [9.17, 15) is 4.79 Å². The smallest absolute Gasteiger partial charge is 0.239 e. The van der Waals surface area contributed by atoms with Gasteiger partial charge in [0.05, 0.1) is 6.04 Å². The molecule has 0 aromatic carbocycles. The van der Waals surface area contributed by atoms with Gasteiger partial charge in [-0.2, -0.15) is 11.8 Å². The summed E-state index contributed by atoms with van der Waals surface area (Å²) in [5.41, 5.74) is 0. The summed E-state index contributed by atoms with van der Waals surface area (Å²) >= 11 is 2.03. The molecule has 5 heteroatoms. The van der Waals surface area contributed by atoms with Gasteiger partial charge in [0, 0.05) is 49.8 Å². The predicted octanol–water partition coefficient (Wildman–Crippen LogP) is 0.633. The Bertz CT molecular complexity index is 284. The summed E-state index contributed by atoms with van der Waals surface area (Å²) in [6.07, 6.45) is 0. The number of carbonyl (C=O) groups is 1. The molecule has 2 saturated heterocycles. The molecule has 3 unspecified atom stereocenters. The van der Waals surface area contributed by atoms with Gasteiger partial charge >= 0.3 is 0 Å². The summed E-state index contributed by atoms with van der Waals surface area (Å²) in [7, 11) is 0. The molecule has 2 rings (SSSR count). The van der Waals surface area contributed by atoms with Gasteiger partial charge in [-0.1, -0.05) is 13.8 Å². The van der Waals surface area contributed by atoms with Crippen LogP contribution in [-0.4, -0.2) is 71.5 Å². The molecule has 3 atom stereocenters. The van der Waals surface area contributed by atoms with Crippen LogP contribution in [0.4, 0.5) is 0 Å². The van der Waals surface area contributed by atoms with Crippen LogP contribution >= 0.6 is 11.8 Å². The van der Waals surface area contributed by atoms with Crippen LogP contribution < -0.4 is 5.32 Å². The number of nitrogens with zero attached hydrogens (tertiary/aromatic N) is 2. The lowest BCUT2D eigenvalue weighted by Crippen LogP contribution is -2.55. The summed E-state index contributed by atoms with van der Waals surface area (Å²) < 4.78 is 0. The van der Waals surface area contributed by atoms with Crippen LogP contribution in [0.25, 0.3) is 0 Å². The molecule has 0 aromatic rings. The Kier molecular flexibility index (Phi) is 4.92. The first-order chi connectivity index (χ1) is 8.58. The Morgan fingerprint density at radius 1 is 1.22 bits per heavy atom. The van der Waals surface area contributed by atoms with E-state index in [0.29, 0.717) is 16.4 Å². The number of hydrogen-bond donors (Lipinski definition) is 1. The number of rotatable bonds is 2. The Morgan fingerprint density at radius 3 is 2.33 bits per heavy atom. The third-order valence-corrected chi connectivity index (χ3v) is 5.01. The van der Waals surface area contributed by atoms with E-state index >= 15 is 0 Å². The van der Waals surface area contributed by atoms with Crippen LogP contribution in [-0.2, 0) is 4.79 Å². The molecule has 0 aliphatic carbocycles. The van der Waals surface area contributed by atoms with Crippen molar-refractivity contribution in [2.24, 2.45) is 0 Å². The molecular weight excluding hydrogens is 246 g/mol. The molecule has 2 fully saturated rings. The maximum Gasteiger partial charge on any atom is 0.239 e. The Balaban J connectivity index is 1.92. The molecule has 0 bridgehead atoms. The second-order valence-electron chi connectivity index (χ2n) is 5.46. The molecule has 0 aromatic heterocycles. The molecule has 2 aliphatic rings. The van der Waals surface area contributed by atoms with E-state index in [1.807, 2.05) is 16.7 Å². The van der Waals surface area contributed by atoms with Gasteiger partial charge in [-0.25, -0.2) is 0 Å². The normalized spacial score (nSPS) is 32.3. The fraction of sp³-hybridized carbons (Fsp3) is 0.923. The molecule has 1 amide bonds. The summed E-state index contributed by atoms with van der Waals surface area (Å²) in [5.74, 6) is 0.308. The zero-order valence-corrected chi connectivity index (χ0v) is 12.5. The van der Waals surface area contributed by atoms with Crippen molar-refractivity contribution >= 4 is 17.7 Å². The quantitative estimate of drug-likeness (QED) is 0.799. The zero-order chi connectivity index (χ0) is 13.1. The zero-order valence-electron chi connectivity index (χ0n) is 11.7. The van der Waals surface area contributed by atoms with E-state index in [0.717, 1.165) is 39.3 Å². The molecule has 1 N–H and O–H groups in total. The SMILES string of the molecule is CC1CN(C(C)C(=O)N2CCNCC2)CC(C)S1. The minimum absolute atomic E-state index is 0.0360. The molecule has 4 nitrogen and oxygen atoms in total. The van der Waals surface area contributed by atoms with E-state index in [1.54, 1.807) is 0 Å². The highest BCUT2D eigenvalue weighted by Gasteiger charge is 2.31. The Labute approximate surface area is 114 Å². The van der Waals surface area contributed by atoms with Gasteiger partial charge in [0.1, 0.15) is 0 Å². The molecule has 0 saturated carbocycles. The van der Waals surface area contributed by atoms with Gasteiger partial charge in [-0.3, -0.25) is 9.69 Å². The lowest BCUT2D eigenvalue weighted by molar-refractivity contribution is -0.137. The number of amides is 1. The summed E-state index contributed by atoms with van der Waals surface area (Å²) in [5, 5.41) is 4.55. The van der Waals surface area contributed by atoms with Crippen LogP contribution in [0.1, 0.15) is 20.8 Å². The van der Waals surface area contributed by atoms with Gasteiger partial charge < -0.3 is 10.2 Å². The Morgan fingerprint density at radius 2 is 1.78 bits per heavy atom. The van der Waals surface area contributed by atoms with E-state index in [1.165, 1.54) is 0 Å². The average molecular weight is 271 g/mol. The number of thioether (sulfide) groups is 1. The van der Waals surface area contributed by atoms with E-state index in [-0.39, 0.29) is 6.04 Å². The number of carbonyl (C=O) groups excluding carboxylic acids is 1. The van der Waals surface area contributed by atoms with Crippen LogP contribution in [0.15, 0.2) is 0 Å². The highest BCUT2D eigenvalue weighted by molar-refractivity contribution is 8.00. The van der Waals surface area contributed by atoms with Crippen molar-refractivity contribution in [3.05, 3.63) is 0 Å². The lowest BCUT2D eigenvalue weighted by atomic mass is 10.2. The van der Waals surface area contributed by atoms with Crippen molar-refractivity contribution in [2.45, 2.75) is 37.3 Å². The minimum Gasteiger partial charge on any atom is -0.339 e. The van der Waals surface area contributed by atoms with Crippen LogP contribution in [0.2, 0.25) is 0 Å². The standard InChI is InChI=1S/C13H25N3OS/c1-10-8-16(9-11(2)18-10)12(3)13(17)15-6-4-14-5-7-15/h10-12,14H,4-9H2,1-3H3. The Hall–Kier alpha value is -0.260. The topological polar surface area (TPSA) is 35.6 Å². The minimum atomic E-state index is 0.0360. The lowest BCUT2D eigenvalue weighted by Gasteiger charge is -2.40. The van der Waals surface area contributed by atoms with Crippen LogP contribution in [0.5, 0.6) is 0 Å². The molecule has 2 aliphatic heterocycles. The van der Waals surface area contributed by atoms with Crippen molar-refractivity contribution in [1.29, 1.82) is 0 Å². The molecular formula is C13H25N3OS. The number of piperazine rings is 1. The molecule has 0 radical (unpaired) electrons. The van der Waals surface area contributed by atoms with Crippen molar-refractivity contribution in [3.8, 4) is 0 Å². The second-order valence-corrected chi connectivity index (χ2v) is 7.34. The maximum absolute atomic E-state index is 12.5. The highest BCUT2D eigenvalue weighted by atomic mass is 32.2. The third-order valence-electron chi connectivity index (χ3n) is 3.78. The molecule has 0 spiro atoms. The predicted molar refractivity (Wildman–Crippen MR) is 77.0 cm³/mol. The van der Waals surface area contributed by atoms with Gasteiger partial charge in [-0.05, 0) is 6.92 Å². The first-order valence-electron chi connectivity index (χ1n) is 6.97. The third kappa shape index (κ3) is 3.39. The summed E-state index contributed by atoms with van der Waals surface area (Å²) in [4.78, 5) is 16.8. The first-order valence-corrected chi connectivity index (χ1v) is 7.91. The number of nitrogens with one attached hydrogen (secondary N) is 1. The monoisotopic (exact) mass is 271 g/mol. The first kappa shape index (κ1) is 14.2. The fourth-order valence-corrected chi connectivity index (χ4v) is 4.19. The highest BCUT2D eigenvalue weighted by Crippen LogP contribution is 2.26. The van der Waals surface area contributed by atoms with Crippen molar-refractivity contribution in [2.75, 3.05) is 39.3 Å². The number of hydrogen-bond acceptors (Lipinski definition) is 4. The fourth-order valence-electron chi connectivity index (χ4n) is 2.84. The van der Waals surface area contributed by atoms with Gasteiger partial charge in [0.25, 0.3) is 0 Å². The van der Waals surface area contributed by atoms with Gasteiger partial charge in [-0.15, -0.1) is 0 Å². The largest absolute Gasteiger partial charge is 0.339 e. The van der Waals surface area contributed by atoms with Crippen LogP contribution in [0.3, 0.4) is 0 Å². The second kappa shape index (κ2) is 6.26. The van der Waals surface area contributed by atoms with Crippen molar-refractivity contribution in [3.63, 3.8) is 0 Å². The van der Waals surface area contributed by atoms with Crippen molar-refractivity contribution in [1.82, 2.24) is 15.1 Å². The van der Waals surface area contributed by atoms with Crippen LogP contribution in [0, 0.1) is 0 Å². The van der Waals surface area contributed by atoms with E-state index < -0.39 is 0 Å². The molecule has 18 heavy (non-hydrogen) atoms.